The second-order valence-corrected chi connectivity index (χ2v) is 6.75. The van der Waals surface area contributed by atoms with Crippen molar-refractivity contribution in [1.82, 2.24) is 20.2 Å². The van der Waals surface area contributed by atoms with Crippen LogP contribution in [0.15, 0.2) is 12.4 Å². The fraction of sp³-hybridized carbons (Fsp3) is 0.667. The van der Waals surface area contributed by atoms with Gasteiger partial charge in [-0.05, 0) is 33.6 Å². The van der Waals surface area contributed by atoms with Crippen molar-refractivity contribution in [3.05, 3.63) is 23.2 Å². The number of ether oxygens (including phenoxy) is 1. The Hall–Kier alpha value is -1.40. The van der Waals surface area contributed by atoms with E-state index in [4.69, 9.17) is 16.3 Å². The molecule has 0 aromatic carbocycles. The highest BCUT2D eigenvalue weighted by Crippen LogP contribution is 2.20. The minimum Gasteiger partial charge on any atom is -0.444 e. The Morgan fingerprint density at radius 2 is 2.18 bits per heavy atom. The standard InChI is InChI=1S/C15H23ClN4O2/c1-15(2,3)22-14(21)20-8-4-5-11(20)9-17-10-12-13(16)19-7-6-18-12/h6-7,11,17H,4-5,8-10H2,1-3H3. The van der Waals surface area contributed by atoms with Crippen LogP contribution in [0.5, 0.6) is 0 Å². The molecule has 1 aromatic rings. The van der Waals surface area contributed by atoms with E-state index >= 15 is 0 Å². The number of rotatable bonds is 4. The highest BCUT2D eigenvalue weighted by Gasteiger charge is 2.31. The number of nitrogens with zero attached hydrogens (tertiary/aromatic N) is 3. The van der Waals surface area contributed by atoms with Crippen LogP contribution in [0, 0.1) is 0 Å². The Balaban J connectivity index is 1.84. The van der Waals surface area contributed by atoms with Crippen molar-refractivity contribution >= 4 is 17.7 Å². The molecule has 2 rings (SSSR count). The number of likely N-dealkylation sites (tertiary alicyclic amines) is 1. The molecule has 0 saturated carbocycles. The Bertz CT molecular complexity index is 519. The van der Waals surface area contributed by atoms with Crippen molar-refractivity contribution in [2.75, 3.05) is 13.1 Å². The minimum absolute atomic E-state index is 0.144. The lowest BCUT2D eigenvalue weighted by molar-refractivity contribution is 0.0226. The predicted octanol–water partition coefficient (Wildman–Crippen LogP) is 2.62. The summed E-state index contributed by atoms with van der Waals surface area (Å²) in [5.74, 6) is 0. The fourth-order valence-corrected chi connectivity index (χ4v) is 2.61. The first-order valence-electron chi connectivity index (χ1n) is 7.52. The normalized spacial score (nSPS) is 18.5. The smallest absolute Gasteiger partial charge is 0.410 e. The lowest BCUT2D eigenvalue weighted by Gasteiger charge is -2.28. The van der Waals surface area contributed by atoms with Crippen LogP contribution in [0.25, 0.3) is 0 Å². The number of carbonyl (C=O) groups is 1. The molecule has 1 atom stereocenters. The van der Waals surface area contributed by atoms with Crippen LogP contribution >= 0.6 is 11.6 Å². The van der Waals surface area contributed by atoms with Crippen molar-refractivity contribution < 1.29 is 9.53 Å². The molecule has 1 saturated heterocycles. The summed E-state index contributed by atoms with van der Waals surface area (Å²) < 4.78 is 5.45. The van der Waals surface area contributed by atoms with Gasteiger partial charge in [-0.25, -0.2) is 9.78 Å². The molecule has 1 amide bonds. The number of amides is 1. The molecule has 7 heteroatoms. The van der Waals surface area contributed by atoms with Gasteiger partial charge in [0, 0.05) is 38.1 Å². The Labute approximate surface area is 136 Å². The zero-order valence-corrected chi connectivity index (χ0v) is 14.1. The Morgan fingerprint density at radius 1 is 1.45 bits per heavy atom. The van der Waals surface area contributed by atoms with E-state index in [2.05, 4.69) is 15.3 Å². The van der Waals surface area contributed by atoms with Crippen LogP contribution in [0.1, 0.15) is 39.3 Å². The largest absolute Gasteiger partial charge is 0.444 e. The van der Waals surface area contributed by atoms with Crippen molar-refractivity contribution in [3.8, 4) is 0 Å². The van der Waals surface area contributed by atoms with Gasteiger partial charge in [0.2, 0.25) is 0 Å². The van der Waals surface area contributed by atoms with E-state index in [0.29, 0.717) is 23.9 Å². The van der Waals surface area contributed by atoms with Crippen LogP contribution < -0.4 is 5.32 Å². The van der Waals surface area contributed by atoms with Crippen LogP contribution in [0.4, 0.5) is 4.79 Å². The molecule has 1 aliphatic rings. The SMILES string of the molecule is CC(C)(C)OC(=O)N1CCCC1CNCc1nccnc1Cl. The van der Waals surface area contributed by atoms with E-state index in [1.54, 1.807) is 17.3 Å². The molecular formula is C15H23ClN4O2. The minimum atomic E-state index is -0.467. The molecular weight excluding hydrogens is 304 g/mol. The summed E-state index contributed by atoms with van der Waals surface area (Å²) >= 11 is 5.97. The summed E-state index contributed by atoms with van der Waals surface area (Å²) in [4.78, 5) is 22.2. The van der Waals surface area contributed by atoms with Gasteiger partial charge >= 0.3 is 6.09 Å². The second-order valence-electron chi connectivity index (χ2n) is 6.39. The first kappa shape index (κ1) is 17.0. The first-order valence-corrected chi connectivity index (χ1v) is 7.90. The Morgan fingerprint density at radius 3 is 2.86 bits per heavy atom. The molecule has 0 aliphatic carbocycles. The first-order chi connectivity index (χ1) is 10.4. The van der Waals surface area contributed by atoms with Gasteiger partial charge in [-0.15, -0.1) is 0 Å². The van der Waals surface area contributed by atoms with Crippen molar-refractivity contribution in [2.24, 2.45) is 0 Å². The van der Waals surface area contributed by atoms with Crippen LogP contribution in [-0.4, -0.2) is 45.7 Å². The average Bonchev–Trinajstić information content (AvgIpc) is 2.87. The zero-order valence-electron chi connectivity index (χ0n) is 13.3. The molecule has 22 heavy (non-hydrogen) atoms. The number of carbonyl (C=O) groups excluding carboxylic acids is 1. The maximum atomic E-state index is 12.2. The van der Waals surface area contributed by atoms with Gasteiger partial charge in [0.25, 0.3) is 0 Å². The highest BCUT2D eigenvalue weighted by atomic mass is 35.5. The van der Waals surface area contributed by atoms with E-state index in [1.807, 2.05) is 20.8 Å². The maximum Gasteiger partial charge on any atom is 0.410 e. The molecule has 0 bridgehead atoms. The molecule has 0 radical (unpaired) electrons. The zero-order chi connectivity index (χ0) is 16.2. The molecule has 1 N–H and O–H groups in total. The number of hydrogen-bond donors (Lipinski definition) is 1. The Kier molecular flexibility index (Phi) is 5.58. The number of nitrogens with one attached hydrogen (secondary N) is 1. The molecule has 1 fully saturated rings. The topological polar surface area (TPSA) is 67.3 Å². The number of hydrogen-bond acceptors (Lipinski definition) is 5. The van der Waals surface area contributed by atoms with Crippen LogP contribution in [-0.2, 0) is 11.3 Å². The summed E-state index contributed by atoms with van der Waals surface area (Å²) in [6.45, 7) is 7.60. The second kappa shape index (κ2) is 7.24. The third kappa shape index (κ3) is 4.81. The average molecular weight is 327 g/mol. The molecule has 122 valence electrons. The van der Waals surface area contributed by atoms with E-state index in [9.17, 15) is 4.79 Å². The van der Waals surface area contributed by atoms with Gasteiger partial charge in [-0.3, -0.25) is 4.98 Å². The molecule has 1 aliphatic heterocycles. The van der Waals surface area contributed by atoms with Crippen LogP contribution in [0.2, 0.25) is 5.15 Å². The molecule has 1 aromatic heterocycles. The number of halogens is 1. The predicted molar refractivity (Wildman–Crippen MR) is 84.7 cm³/mol. The van der Waals surface area contributed by atoms with Gasteiger partial charge < -0.3 is 15.0 Å². The summed E-state index contributed by atoms with van der Waals surface area (Å²) in [5.41, 5.74) is 0.246. The lowest BCUT2D eigenvalue weighted by atomic mass is 10.2. The monoisotopic (exact) mass is 326 g/mol. The maximum absolute atomic E-state index is 12.2. The van der Waals surface area contributed by atoms with E-state index < -0.39 is 5.60 Å². The summed E-state index contributed by atoms with van der Waals surface area (Å²) in [6, 6.07) is 0.144. The molecule has 1 unspecified atom stereocenters. The summed E-state index contributed by atoms with van der Waals surface area (Å²) in [6.07, 6.45) is 4.91. The number of aromatic nitrogens is 2. The van der Waals surface area contributed by atoms with Gasteiger partial charge in [-0.2, -0.15) is 0 Å². The van der Waals surface area contributed by atoms with E-state index in [1.165, 1.54) is 0 Å². The molecule has 0 spiro atoms. The van der Waals surface area contributed by atoms with Crippen molar-refractivity contribution in [3.63, 3.8) is 0 Å². The van der Waals surface area contributed by atoms with Gasteiger partial charge in [0.1, 0.15) is 5.60 Å². The van der Waals surface area contributed by atoms with E-state index in [0.717, 1.165) is 19.4 Å². The van der Waals surface area contributed by atoms with Gasteiger partial charge in [-0.1, -0.05) is 11.6 Å². The third-order valence-electron chi connectivity index (χ3n) is 3.40. The van der Waals surface area contributed by atoms with Gasteiger partial charge in [0.05, 0.1) is 5.69 Å². The van der Waals surface area contributed by atoms with Crippen LogP contribution in [0.3, 0.4) is 0 Å². The van der Waals surface area contributed by atoms with Crippen molar-refractivity contribution in [1.29, 1.82) is 0 Å². The van der Waals surface area contributed by atoms with Gasteiger partial charge in [0.15, 0.2) is 5.15 Å². The quantitative estimate of drug-likeness (QED) is 0.921. The molecule has 2 heterocycles. The van der Waals surface area contributed by atoms with Crippen molar-refractivity contribution in [2.45, 2.75) is 51.8 Å². The summed E-state index contributed by atoms with van der Waals surface area (Å²) in [5, 5.41) is 3.70. The third-order valence-corrected chi connectivity index (χ3v) is 3.72. The van der Waals surface area contributed by atoms with E-state index in [-0.39, 0.29) is 12.1 Å². The fourth-order valence-electron chi connectivity index (χ4n) is 2.43. The molecule has 6 nitrogen and oxygen atoms in total. The highest BCUT2D eigenvalue weighted by molar-refractivity contribution is 6.29. The summed E-state index contributed by atoms with van der Waals surface area (Å²) in [7, 11) is 0. The lowest BCUT2D eigenvalue weighted by Crippen LogP contribution is -2.44.